The Hall–Kier alpha value is -3.07. The van der Waals surface area contributed by atoms with Gasteiger partial charge in [-0.2, -0.15) is 12.6 Å². The highest BCUT2D eigenvalue weighted by molar-refractivity contribution is 7.81. The number of anilines is 1. The van der Waals surface area contributed by atoms with E-state index in [1.165, 1.54) is 19.1 Å². The smallest absolute Gasteiger partial charge is 0.412 e. The van der Waals surface area contributed by atoms with Gasteiger partial charge in [-0.05, 0) is 55.3 Å². The van der Waals surface area contributed by atoms with Crippen molar-refractivity contribution < 1.29 is 33.4 Å². The molecule has 0 unspecified atom stereocenters. The lowest BCUT2D eigenvalue weighted by Gasteiger charge is -2.34. The third-order valence-electron chi connectivity index (χ3n) is 4.89. The molecule has 0 heterocycles. The third-order valence-corrected chi connectivity index (χ3v) is 5.14. The summed E-state index contributed by atoms with van der Waals surface area (Å²) in [6.07, 6.45) is -1.41. The number of rotatable bonds is 9. The quantitative estimate of drug-likeness (QED) is 0.277. The van der Waals surface area contributed by atoms with Crippen molar-refractivity contribution in [2.75, 3.05) is 17.7 Å². The summed E-state index contributed by atoms with van der Waals surface area (Å²) in [5, 5.41) is 12.1. The van der Waals surface area contributed by atoms with Gasteiger partial charge in [-0.1, -0.05) is 19.9 Å². The molecule has 0 aliphatic rings. The molecule has 0 aromatic heterocycles. The lowest BCUT2D eigenvalue weighted by Crippen LogP contribution is -2.30. The topological polar surface area (TPSA) is 102 Å². The number of ether oxygens (including phenoxy) is 2. The molecule has 32 heavy (non-hydrogen) atoms. The summed E-state index contributed by atoms with van der Waals surface area (Å²) in [6.45, 7) is 5.06. The Morgan fingerprint density at radius 2 is 1.81 bits per heavy atom. The number of esters is 1. The summed E-state index contributed by atoms with van der Waals surface area (Å²) in [7, 11) is 0. The Bertz CT molecular complexity index is 977. The Morgan fingerprint density at radius 1 is 1.16 bits per heavy atom. The highest BCUT2D eigenvalue weighted by Crippen LogP contribution is 2.40. The minimum absolute atomic E-state index is 0.0565. The lowest BCUT2D eigenvalue weighted by atomic mass is 9.80. The number of ketones is 1. The number of amides is 1. The van der Waals surface area contributed by atoms with E-state index in [0.29, 0.717) is 23.2 Å². The summed E-state index contributed by atoms with van der Waals surface area (Å²) in [5.41, 5.74) is 0.471. The first kappa shape index (κ1) is 25.2. The maximum absolute atomic E-state index is 14.0. The first-order valence-corrected chi connectivity index (χ1v) is 10.5. The van der Waals surface area contributed by atoms with Crippen LogP contribution in [0.5, 0.6) is 5.75 Å². The Morgan fingerprint density at radius 3 is 2.38 bits per heavy atom. The van der Waals surface area contributed by atoms with E-state index in [0.717, 1.165) is 6.07 Å². The molecule has 0 spiro atoms. The molecule has 0 aliphatic carbocycles. The van der Waals surface area contributed by atoms with Crippen LogP contribution >= 0.6 is 12.6 Å². The summed E-state index contributed by atoms with van der Waals surface area (Å²) < 4.78 is 24.7. The standard InChI is InChI=1S/C23H26FNO6S/c1-14(26)15-4-7-17(8-5-15)25-22(29)31-21(16-6-9-19(27)18(24)12-16)23(2,3)10-11-30-20(28)13-32/h4-9,12,21,27,32H,10-11,13H2,1-3H3,(H,25,29)/t21-/m0/s1. The van der Waals surface area contributed by atoms with Crippen LogP contribution in [0.3, 0.4) is 0 Å². The van der Waals surface area contributed by atoms with Crippen LogP contribution in [-0.2, 0) is 14.3 Å². The van der Waals surface area contributed by atoms with Crippen molar-refractivity contribution in [1.82, 2.24) is 0 Å². The number of phenols is 1. The van der Waals surface area contributed by atoms with Gasteiger partial charge >= 0.3 is 12.1 Å². The van der Waals surface area contributed by atoms with Crippen LogP contribution in [-0.4, -0.2) is 35.3 Å². The number of hydrogen-bond acceptors (Lipinski definition) is 7. The molecule has 0 radical (unpaired) electrons. The normalized spacial score (nSPS) is 12.0. The van der Waals surface area contributed by atoms with E-state index in [1.807, 2.05) is 0 Å². The average molecular weight is 464 g/mol. The van der Waals surface area contributed by atoms with Crippen molar-refractivity contribution >= 4 is 36.2 Å². The van der Waals surface area contributed by atoms with Gasteiger partial charge in [0.1, 0.15) is 6.10 Å². The van der Waals surface area contributed by atoms with E-state index in [-0.39, 0.29) is 18.1 Å². The molecule has 0 fully saturated rings. The molecular formula is C23H26FNO6S. The van der Waals surface area contributed by atoms with Crippen molar-refractivity contribution in [1.29, 1.82) is 0 Å². The number of benzene rings is 2. The van der Waals surface area contributed by atoms with Crippen molar-refractivity contribution in [3.8, 4) is 5.75 Å². The van der Waals surface area contributed by atoms with E-state index < -0.39 is 35.1 Å². The molecule has 2 aromatic carbocycles. The Labute approximate surface area is 191 Å². The average Bonchev–Trinajstić information content (AvgIpc) is 2.74. The van der Waals surface area contributed by atoms with E-state index in [4.69, 9.17) is 9.47 Å². The van der Waals surface area contributed by atoms with Crippen molar-refractivity contribution in [3.63, 3.8) is 0 Å². The number of hydrogen-bond donors (Lipinski definition) is 3. The van der Waals surface area contributed by atoms with Gasteiger partial charge in [-0.15, -0.1) is 0 Å². The Kier molecular flexibility index (Phi) is 8.65. The van der Waals surface area contributed by atoms with Gasteiger partial charge in [-0.25, -0.2) is 9.18 Å². The van der Waals surface area contributed by atoms with Gasteiger partial charge in [0.15, 0.2) is 17.3 Å². The fourth-order valence-electron chi connectivity index (χ4n) is 3.01. The predicted molar refractivity (Wildman–Crippen MR) is 121 cm³/mol. The first-order chi connectivity index (χ1) is 15.0. The molecule has 9 heteroatoms. The molecule has 1 amide bonds. The SMILES string of the molecule is CC(=O)c1ccc(NC(=O)O[C@@H](c2ccc(O)c(F)c2)C(C)(C)CCOC(=O)CS)cc1. The molecule has 2 N–H and O–H groups in total. The minimum Gasteiger partial charge on any atom is -0.505 e. The first-order valence-electron chi connectivity index (χ1n) is 9.87. The van der Waals surface area contributed by atoms with Crippen molar-refractivity contribution in [2.24, 2.45) is 5.41 Å². The van der Waals surface area contributed by atoms with Crippen LogP contribution in [0.1, 0.15) is 49.2 Å². The van der Waals surface area contributed by atoms with Gasteiger partial charge < -0.3 is 14.6 Å². The van der Waals surface area contributed by atoms with E-state index >= 15 is 0 Å². The number of Topliss-reactive ketones (excluding diaryl/α,β-unsaturated/α-hetero) is 1. The number of aromatic hydroxyl groups is 1. The molecule has 0 aliphatic heterocycles. The number of carbonyl (C=O) groups excluding carboxylic acids is 3. The van der Waals surface area contributed by atoms with Crippen LogP contribution in [0, 0.1) is 11.2 Å². The highest BCUT2D eigenvalue weighted by atomic mass is 32.1. The van der Waals surface area contributed by atoms with Crippen LogP contribution < -0.4 is 5.32 Å². The summed E-state index contributed by atoms with van der Waals surface area (Å²) >= 11 is 3.85. The molecular weight excluding hydrogens is 437 g/mol. The number of phenolic OH excluding ortho intramolecular Hbond substituents is 1. The summed E-state index contributed by atoms with van der Waals surface area (Å²) in [4.78, 5) is 35.4. The largest absolute Gasteiger partial charge is 0.505 e. The van der Waals surface area contributed by atoms with Gasteiger partial charge in [0.2, 0.25) is 0 Å². The van der Waals surface area contributed by atoms with Gasteiger partial charge in [0.25, 0.3) is 0 Å². The highest BCUT2D eigenvalue weighted by Gasteiger charge is 2.35. The second kappa shape index (κ2) is 11.0. The second-order valence-corrected chi connectivity index (χ2v) is 8.19. The number of carbonyl (C=O) groups is 3. The second-order valence-electron chi connectivity index (χ2n) is 7.87. The zero-order valence-corrected chi connectivity index (χ0v) is 18.9. The van der Waals surface area contributed by atoms with Crippen molar-refractivity contribution in [3.05, 3.63) is 59.4 Å². The fourth-order valence-corrected chi connectivity index (χ4v) is 3.10. The van der Waals surface area contributed by atoms with E-state index in [2.05, 4.69) is 17.9 Å². The van der Waals surface area contributed by atoms with Crippen LogP contribution in [0.25, 0.3) is 0 Å². The zero-order valence-electron chi connectivity index (χ0n) is 18.1. The fraction of sp³-hybridized carbons (Fsp3) is 0.348. The van der Waals surface area contributed by atoms with Crippen molar-refractivity contribution in [2.45, 2.75) is 33.3 Å². The lowest BCUT2D eigenvalue weighted by molar-refractivity contribution is -0.141. The predicted octanol–water partition coefficient (Wildman–Crippen LogP) is 4.91. The maximum Gasteiger partial charge on any atom is 0.412 e. The zero-order chi connectivity index (χ0) is 23.9. The number of thiol groups is 1. The number of halogens is 1. The van der Waals surface area contributed by atoms with Crippen LogP contribution in [0.15, 0.2) is 42.5 Å². The maximum atomic E-state index is 14.0. The molecule has 0 bridgehead atoms. The minimum atomic E-state index is -0.927. The van der Waals surface area contributed by atoms with E-state index in [9.17, 15) is 23.9 Å². The molecule has 1 atom stereocenters. The van der Waals surface area contributed by atoms with Gasteiger partial charge in [-0.3, -0.25) is 14.9 Å². The molecule has 0 saturated carbocycles. The summed E-state index contributed by atoms with van der Waals surface area (Å²) in [5.74, 6) is -2.02. The van der Waals surface area contributed by atoms with Crippen LogP contribution in [0.2, 0.25) is 0 Å². The molecule has 7 nitrogen and oxygen atoms in total. The molecule has 2 aromatic rings. The van der Waals surface area contributed by atoms with Gasteiger partial charge in [0, 0.05) is 16.7 Å². The molecule has 172 valence electrons. The monoisotopic (exact) mass is 463 g/mol. The van der Waals surface area contributed by atoms with E-state index in [1.54, 1.807) is 38.1 Å². The molecule has 0 saturated heterocycles. The van der Waals surface area contributed by atoms with Gasteiger partial charge in [0.05, 0.1) is 12.4 Å². The Balaban J connectivity index is 2.21. The van der Waals surface area contributed by atoms with Crippen LogP contribution in [0.4, 0.5) is 14.9 Å². The summed E-state index contributed by atoms with van der Waals surface area (Å²) in [6, 6.07) is 10.0. The third kappa shape index (κ3) is 6.98. The number of nitrogens with one attached hydrogen (secondary N) is 1. The molecule has 2 rings (SSSR count).